The van der Waals surface area contributed by atoms with E-state index < -0.39 is 0 Å². The molecule has 0 bridgehead atoms. The van der Waals surface area contributed by atoms with E-state index in [2.05, 4.69) is 46.8 Å². The van der Waals surface area contributed by atoms with Crippen molar-refractivity contribution in [1.29, 1.82) is 0 Å². The molecule has 0 amide bonds. The molecule has 0 fully saturated rings. The van der Waals surface area contributed by atoms with E-state index in [-0.39, 0.29) is 5.56 Å². The highest BCUT2D eigenvalue weighted by molar-refractivity contribution is 5.76. The minimum Gasteiger partial charge on any atom is -0.307 e. The van der Waals surface area contributed by atoms with E-state index in [0.29, 0.717) is 40.1 Å². The van der Waals surface area contributed by atoms with Crippen molar-refractivity contribution >= 4 is 10.9 Å². The molecule has 6 rings (SSSR count). The first-order valence-electron chi connectivity index (χ1n) is 9.85. The molecular weight excluding hydrogens is 396 g/mol. The second-order valence-electron chi connectivity index (χ2n) is 7.38. The summed E-state index contributed by atoms with van der Waals surface area (Å²) in [6.07, 6.45) is 9.81. The second kappa shape index (κ2) is 6.62. The first-order valence-corrected chi connectivity index (χ1v) is 9.85. The highest BCUT2D eigenvalue weighted by Gasteiger charge is 2.25. The summed E-state index contributed by atoms with van der Waals surface area (Å²) in [7, 11) is 0. The average Bonchev–Trinajstić information content (AvgIpc) is 3.51. The second-order valence-corrected chi connectivity index (χ2v) is 7.38. The van der Waals surface area contributed by atoms with Gasteiger partial charge in [-0.25, -0.2) is 14.6 Å². The van der Waals surface area contributed by atoms with E-state index in [0.717, 1.165) is 18.7 Å². The van der Waals surface area contributed by atoms with E-state index in [1.807, 2.05) is 12.1 Å². The topological polar surface area (TPSA) is 122 Å². The van der Waals surface area contributed by atoms with E-state index in [4.69, 9.17) is 0 Å². The SMILES string of the molecule is C[C@@H]1CCc2nnc(-c3cccc(-n4ncc5nn(-c6cnccn6)cc5c4=O)n3)n21. The van der Waals surface area contributed by atoms with Gasteiger partial charge in [-0.2, -0.15) is 14.9 Å². The maximum atomic E-state index is 13.1. The fourth-order valence-corrected chi connectivity index (χ4v) is 3.88. The van der Waals surface area contributed by atoms with Crippen molar-refractivity contribution in [3.05, 3.63) is 65.4 Å². The van der Waals surface area contributed by atoms with Gasteiger partial charge in [0, 0.05) is 31.1 Å². The van der Waals surface area contributed by atoms with Gasteiger partial charge >= 0.3 is 0 Å². The highest BCUT2D eigenvalue weighted by Crippen LogP contribution is 2.29. The smallest absolute Gasteiger partial charge is 0.284 e. The third kappa shape index (κ3) is 2.74. The van der Waals surface area contributed by atoms with Gasteiger partial charge in [0.15, 0.2) is 17.5 Å². The Bertz CT molecular complexity index is 1480. The van der Waals surface area contributed by atoms with Gasteiger partial charge in [-0.3, -0.25) is 9.78 Å². The van der Waals surface area contributed by atoms with Crippen molar-refractivity contribution in [3.8, 4) is 23.2 Å². The molecule has 1 aliphatic rings. The van der Waals surface area contributed by atoms with Crippen molar-refractivity contribution in [2.45, 2.75) is 25.8 Å². The molecule has 0 N–H and O–H groups in total. The fraction of sp³-hybridized carbons (Fsp3) is 0.200. The Hall–Kier alpha value is -4.28. The van der Waals surface area contributed by atoms with Crippen LogP contribution in [0.1, 0.15) is 25.2 Å². The summed E-state index contributed by atoms with van der Waals surface area (Å²) in [5.74, 6) is 2.58. The van der Waals surface area contributed by atoms with Gasteiger partial charge in [-0.1, -0.05) is 6.07 Å². The molecule has 5 aromatic rings. The van der Waals surface area contributed by atoms with Gasteiger partial charge < -0.3 is 4.57 Å². The Morgan fingerprint density at radius 2 is 2.03 bits per heavy atom. The number of aromatic nitrogens is 10. The summed E-state index contributed by atoms with van der Waals surface area (Å²) < 4.78 is 4.88. The monoisotopic (exact) mass is 412 g/mol. The zero-order valence-corrected chi connectivity index (χ0v) is 16.5. The molecule has 0 unspecified atom stereocenters. The van der Waals surface area contributed by atoms with Crippen molar-refractivity contribution in [2.24, 2.45) is 0 Å². The molecule has 0 aliphatic carbocycles. The van der Waals surface area contributed by atoms with Crippen LogP contribution < -0.4 is 5.56 Å². The van der Waals surface area contributed by atoms with Crippen LogP contribution in [0.4, 0.5) is 0 Å². The molecule has 0 aromatic carbocycles. The molecular formula is C20H16N10O. The van der Waals surface area contributed by atoms with Crippen LogP contribution in [0.2, 0.25) is 0 Å². The molecule has 5 aromatic heterocycles. The summed E-state index contributed by atoms with van der Waals surface area (Å²) in [5.41, 5.74) is 0.790. The molecule has 1 aliphatic heterocycles. The largest absolute Gasteiger partial charge is 0.307 e. The van der Waals surface area contributed by atoms with Crippen LogP contribution in [-0.4, -0.2) is 49.3 Å². The Labute approximate surface area is 175 Å². The minimum atomic E-state index is -0.322. The highest BCUT2D eigenvalue weighted by atomic mass is 16.1. The molecule has 0 spiro atoms. The molecule has 11 nitrogen and oxygen atoms in total. The summed E-state index contributed by atoms with van der Waals surface area (Å²) in [4.78, 5) is 26.1. The predicted molar refractivity (Wildman–Crippen MR) is 110 cm³/mol. The maximum absolute atomic E-state index is 13.1. The third-order valence-corrected chi connectivity index (χ3v) is 5.42. The van der Waals surface area contributed by atoms with Crippen LogP contribution in [0, 0.1) is 0 Å². The number of hydrogen-bond acceptors (Lipinski definition) is 8. The Kier molecular flexibility index (Phi) is 3.75. The summed E-state index contributed by atoms with van der Waals surface area (Å²) in [6.45, 7) is 2.14. The summed E-state index contributed by atoms with van der Waals surface area (Å²) in [5, 5.41) is 17.7. The molecule has 0 saturated carbocycles. The van der Waals surface area contributed by atoms with E-state index in [1.54, 1.807) is 30.9 Å². The van der Waals surface area contributed by atoms with Crippen molar-refractivity contribution < 1.29 is 0 Å². The molecule has 152 valence electrons. The van der Waals surface area contributed by atoms with E-state index in [1.165, 1.54) is 15.6 Å². The predicted octanol–water partition coefficient (Wildman–Crippen LogP) is 1.52. The number of fused-ring (bicyclic) bond motifs is 2. The van der Waals surface area contributed by atoms with Gasteiger partial charge in [0.1, 0.15) is 17.0 Å². The molecule has 31 heavy (non-hydrogen) atoms. The van der Waals surface area contributed by atoms with Gasteiger partial charge in [0.05, 0.1) is 17.8 Å². The fourth-order valence-electron chi connectivity index (χ4n) is 3.88. The lowest BCUT2D eigenvalue weighted by atomic mass is 10.2. The molecule has 0 saturated heterocycles. The van der Waals surface area contributed by atoms with Gasteiger partial charge in [-0.05, 0) is 25.5 Å². The van der Waals surface area contributed by atoms with Crippen LogP contribution in [0.15, 0.2) is 54.0 Å². The van der Waals surface area contributed by atoms with Crippen LogP contribution in [0.25, 0.3) is 34.1 Å². The Morgan fingerprint density at radius 3 is 2.90 bits per heavy atom. The lowest BCUT2D eigenvalue weighted by molar-refractivity contribution is 0.581. The molecule has 11 heteroatoms. The number of aryl methyl sites for hydroxylation is 1. The van der Waals surface area contributed by atoms with Crippen LogP contribution >= 0.6 is 0 Å². The van der Waals surface area contributed by atoms with Gasteiger partial charge in [0.25, 0.3) is 5.56 Å². The normalized spacial score (nSPS) is 15.5. The number of nitrogens with zero attached hydrogens (tertiary/aromatic N) is 10. The summed E-state index contributed by atoms with van der Waals surface area (Å²) >= 11 is 0. The van der Waals surface area contributed by atoms with Gasteiger partial charge in [-0.15, -0.1) is 10.2 Å². The van der Waals surface area contributed by atoms with E-state index >= 15 is 0 Å². The lowest BCUT2D eigenvalue weighted by Crippen LogP contribution is -2.21. The van der Waals surface area contributed by atoms with Crippen LogP contribution in [0.3, 0.4) is 0 Å². The van der Waals surface area contributed by atoms with Gasteiger partial charge in [0.2, 0.25) is 0 Å². The zero-order valence-electron chi connectivity index (χ0n) is 16.5. The first kappa shape index (κ1) is 17.6. The van der Waals surface area contributed by atoms with Crippen molar-refractivity contribution in [3.63, 3.8) is 0 Å². The Balaban J connectivity index is 1.45. The zero-order chi connectivity index (χ0) is 20.9. The van der Waals surface area contributed by atoms with Crippen molar-refractivity contribution in [2.75, 3.05) is 0 Å². The Morgan fingerprint density at radius 1 is 1.10 bits per heavy atom. The van der Waals surface area contributed by atoms with Crippen molar-refractivity contribution in [1.82, 2.24) is 49.3 Å². The number of rotatable bonds is 3. The number of hydrogen-bond donors (Lipinski definition) is 0. The number of pyridine rings is 1. The van der Waals surface area contributed by atoms with Crippen LogP contribution in [0.5, 0.6) is 0 Å². The molecule has 1 atom stereocenters. The molecule has 6 heterocycles. The maximum Gasteiger partial charge on any atom is 0.284 e. The summed E-state index contributed by atoms with van der Waals surface area (Å²) in [6, 6.07) is 5.75. The average molecular weight is 412 g/mol. The van der Waals surface area contributed by atoms with Crippen LogP contribution in [-0.2, 0) is 6.42 Å². The lowest BCUT2D eigenvalue weighted by Gasteiger charge is -2.10. The van der Waals surface area contributed by atoms with E-state index in [9.17, 15) is 4.79 Å². The standard InChI is InChI=1S/C20H16N10O/c1-12-5-6-17-25-26-19(29(12)17)14-3-2-4-16(24-14)30-20(31)13-11-28(27-15(13)9-23-30)18-10-21-7-8-22-18/h2-4,7-12H,5-6H2,1H3/t12-/m1/s1. The third-order valence-electron chi connectivity index (χ3n) is 5.42. The quantitative estimate of drug-likeness (QED) is 0.437. The first-order chi connectivity index (χ1) is 15.2. The molecule has 0 radical (unpaired) electrons. The minimum absolute atomic E-state index is 0.314.